The average Bonchev–Trinajstić information content (AvgIpc) is 3.20. The first-order valence-corrected chi connectivity index (χ1v) is 8.27. The molecular formula is C17H22N6O3. The smallest absolute Gasteiger partial charge is 0.317 e. The maximum atomic E-state index is 12.4. The molecule has 1 aliphatic rings. The normalized spacial score (nSPS) is 16.7. The van der Waals surface area contributed by atoms with Gasteiger partial charge in [-0.25, -0.2) is 4.79 Å². The number of hydrogen-bond donors (Lipinski definition) is 1. The van der Waals surface area contributed by atoms with Gasteiger partial charge in [-0.3, -0.25) is 4.79 Å². The molecule has 138 valence electrons. The molecule has 1 saturated heterocycles. The van der Waals surface area contributed by atoms with Crippen molar-refractivity contribution in [2.24, 2.45) is 7.05 Å². The number of carbonyl (C=O) groups excluding carboxylic acids is 2. The van der Waals surface area contributed by atoms with E-state index in [1.807, 2.05) is 31.3 Å². The predicted octanol–water partition coefficient (Wildman–Crippen LogP) is 0.771. The van der Waals surface area contributed by atoms with Crippen molar-refractivity contribution in [2.75, 3.05) is 25.6 Å². The first kappa shape index (κ1) is 17.7. The average molecular weight is 358 g/mol. The van der Waals surface area contributed by atoms with E-state index in [9.17, 15) is 9.59 Å². The van der Waals surface area contributed by atoms with Crippen molar-refractivity contribution in [3.8, 4) is 5.75 Å². The van der Waals surface area contributed by atoms with Crippen molar-refractivity contribution >= 4 is 17.6 Å². The maximum Gasteiger partial charge on any atom is 0.317 e. The lowest BCUT2D eigenvalue weighted by atomic mass is 10.2. The van der Waals surface area contributed by atoms with Crippen LogP contribution in [0.3, 0.4) is 0 Å². The molecule has 0 spiro atoms. The van der Waals surface area contributed by atoms with E-state index < -0.39 is 0 Å². The van der Waals surface area contributed by atoms with E-state index in [1.165, 1.54) is 4.90 Å². The molecule has 0 saturated carbocycles. The maximum absolute atomic E-state index is 12.4. The van der Waals surface area contributed by atoms with Gasteiger partial charge in [0.1, 0.15) is 12.1 Å². The van der Waals surface area contributed by atoms with Gasteiger partial charge in [0.25, 0.3) is 0 Å². The molecule has 9 nitrogen and oxygen atoms in total. The zero-order valence-corrected chi connectivity index (χ0v) is 15.0. The van der Waals surface area contributed by atoms with Crippen LogP contribution in [0.4, 0.5) is 10.5 Å². The minimum atomic E-state index is -0.262. The van der Waals surface area contributed by atoms with Gasteiger partial charge in [-0.05, 0) is 12.1 Å². The van der Waals surface area contributed by atoms with Crippen LogP contribution in [-0.2, 0) is 18.4 Å². The largest absolute Gasteiger partial charge is 0.495 e. The van der Waals surface area contributed by atoms with Gasteiger partial charge in [0.15, 0.2) is 5.82 Å². The molecule has 1 aromatic heterocycles. The second-order valence-corrected chi connectivity index (χ2v) is 6.24. The number of nitrogens with one attached hydrogen (secondary N) is 1. The Morgan fingerprint density at radius 1 is 1.42 bits per heavy atom. The number of amides is 3. The predicted molar refractivity (Wildman–Crippen MR) is 94.8 cm³/mol. The van der Waals surface area contributed by atoms with Crippen LogP contribution in [0.5, 0.6) is 5.75 Å². The van der Waals surface area contributed by atoms with Gasteiger partial charge in [-0.2, -0.15) is 0 Å². The summed E-state index contributed by atoms with van der Waals surface area (Å²) in [6, 6.07) is 6.83. The lowest BCUT2D eigenvalue weighted by molar-refractivity contribution is -0.117. The molecule has 3 amide bonds. The molecule has 1 aromatic carbocycles. The highest BCUT2D eigenvalue weighted by molar-refractivity contribution is 5.98. The highest BCUT2D eigenvalue weighted by atomic mass is 16.5. The monoisotopic (exact) mass is 358 g/mol. The standard InChI is InChI=1S/C17H22N6O3/c1-21(10-15-20-18-11-22(15)2)17(25)19-12-8-16(24)23(9-12)13-6-4-5-7-14(13)26-3/h4-7,11-12H,8-10H2,1-3H3,(H,19,25)/t12-/m1/s1. The van der Waals surface area contributed by atoms with Gasteiger partial charge < -0.3 is 24.4 Å². The SMILES string of the molecule is COc1ccccc1N1C[C@H](NC(=O)N(C)Cc2nncn2C)CC1=O. The molecule has 1 N–H and O–H groups in total. The molecule has 2 aromatic rings. The Morgan fingerprint density at radius 2 is 2.19 bits per heavy atom. The van der Waals surface area contributed by atoms with Crippen molar-refractivity contribution < 1.29 is 14.3 Å². The minimum Gasteiger partial charge on any atom is -0.495 e. The number of rotatable bonds is 5. The molecule has 2 heterocycles. The molecule has 3 rings (SSSR count). The van der Waals surface area contributed by atoms with E-state index >= 15 is 0 Å². The molecule has 9 heteroatoms. The van der Waals surface area contributed by atoms with Gasteiger partial charge in [0.2, 0.25) is 5.91 Å². The van der Waals surface area contributed by atoms with Crippen molar-refractivity contribution in [3.63, 3.8) is 0 Å². The van der Waals surface area contributed by atoms with Gasteiger partial charge in [0, 0.05) is 27.1 Å². The molecule has 26 heavy (non-hydrogen) atoms. The summed E-state index contributed by atoms with van der Waals surface area (Å²) in [5, 5.41) is 10.7. The van der Waals surface area contributed by atoms with E-state index in [2.05, 4.69) is 15.5 Å². The Bertz CT molecular complexity index is 805. The quantitative estimate of drug-likeness (QED) is 0.852. The summed E-state index contributed by atoms with van der Waals surface area (Å²) in [5.74, 6) is 1.27. The van der Waals surface area contributed by atoms with Crippen LogP contribution in [0.2, 0.25) is 0 Å². The van der Waals surface area contributed by atoms with E-state index in [-0.39, 0.29) is 24.4 Å². The number of hydrogen-bond acceptors (Lipinski definition) is 5. The van der Waals surface area contributed by atoms with Crippen LogP contribution in [-0.4, -0.2) is 58.3 Å². The number of benzene rings is 1. The topological polar surface area (TPSA) is 92.6 Å². The third kappa shape index (κ3) is 3.61. The summed E-state index contributed by atoms with van der Waals surface area (Å²) in [6.07, 6.45) is 1.84. The summed E-state index contributed by atoms with van der Waals surface area (Å²) in [7, 11) is 5.07. The molecule has 0 unspecified atom stereocenters. The highest BCUT2D eigenvalue weighted by Gasteiger charge is 2.33. The fourth-order valence-corrected chi connectivity index (χ4v) is 2.91. The first-order valence-electron chi connectivity index (χ1n) is 8.27. The second-order valence-electron chi connectivity index (χ2n) is 6.24. The third-order valence-electron chi connectivity index (χ3n) is 4.36. The number of para-hydroxylation sites is 2. The Kier molecular flexibility index (Phi) is 5.06. The molecule has 0 radical (unpaired) electrons. The van der Waals surface area contributed by atoms with Crippen molar-refractivity contribution in [2.45, 2.75) is 19.0 Å². The molecule has 1 atom stereocenters. The van der Waals surface area contributed by atoms with Crippen LogP contribution in [0.1, 0.15) is 12.2 Å². The molecule has 1 aliphatic heterocycles. The highest BCUT2D eigenvalue weighted by Crippen LogP contribution is 2.31. The molecular weight excluding hydrogens is 336 g/mol. The third-order valence-corrected chi connectivity index (χ3v) is 4.36. The number of methoxy groups -OCH3 is 1. The number of carbonyl (C=O) groups is 2. The van der Waals surface area contributed by atoms with Gasteiger partial charge in [-0.1, -0.05) is 12.1 Å². The Hall–Kier alpha value is -3.10. The van der Waals surface area contributed by atoms with Crippen molar-refractivity contribution in [3.05, 3.63) is 36.4 Å². The number of ether oxygens (including phenoxy) is 1. The first-order chi connectivity index (χ1) is 12.5. The molecule has 0 bridgehead atoms. The summed E-state index contributed by atoms with van der Waals surface area (Å²) >= 11 is 0. The van der Waals surface area contributed by atoms with Crippen LogP contribution in [0.25, 0.3) is 0 Å². The van der Waals surface area contributed by atoms with Crippen LogP contribution in [0, 0.1) is 0 Å². The number of urea groups is 1. The summed E-state index contributed by atoms with van der Waals surface area (Å²) in [5.41, 5.74) is 0.712. The van der Waals surface area contributed by atoms with Gasteiger partial charge >= 0.3 is 6.03 Å². The zero-order valence-electron chi connectivity index (χ0n) is 15.0. The van der Waals surface area contributed by atoms with E-state index in [1.54, 1.807) is 30.0 Å². The summed E-state index contributed by atoms with van der Waals surface area (Å²) < 4.78 is 7.08. The Morgan fingerprint density at radius 3 is 2.88 bits per heavy atom. The zero-order chi connectivity index (χ0) is 18.7. The Labute approximate surface area is 151 Å². The summed E-state index contributed by atoms with van der Waals surface area (Å²) in [6.45, 7) is 0.738. The van der Waals surface area contributed by atoms with E-state index in [4.69, 9.17) is 4.74 Å². The minimum absolute atomic E-state index is 0.0456. The number of anilines is 1. The number of aryl methyl sites for hydroxylation is 1. The van der Waals surface area contributed by atoms with Crippen LogP contribution >= 0.6 is 0 Å². The fourth-order valence-electron chi connectivity index (χ4n) is 2.91. The lowest BCUT2D eigenvalue weighted by Gasteiger charge is -2.22. The van der Waals surface area contributed by atoms with Crippen molar-refractivity contribution in [1.82, 2.24) is 25.0 Å². The molecule has 0 aliphatic carbocycles. The number of nitrogens with zero attached hydrogens (tertiary/aromatic N) is 5. The lowest BCUT2D eigenvalue weighted by Crippen LogP contribution is -2.44. The van der Waals surface area contributed by atoms with Crippen LogP contribution in [0.15, 0.2) is 30.6 Å². The van der Waals surface area contributed by atoms with Gasteiger partial charge in [-0.15, -0.1) is 10.2 Å². The summed E-state index contributed by atoms with van der Waals surface area (Å²) in [4.78, 5) is 28.0. The van der Waals surface area contributed by atoms with Gasteiger partial charge in [0.05, 0.1) is 25.4 Å². The van der Waals surface area contributed by atoms with Crippen molar-refractivity contribution in [1.29, 1.82) is 0 Å². The molecule has 1 fully saturated rings. The Balaban J connectivity index is 1.62. The van der Waals surface area contributed by atoms with Crippen LogP contribution < -0.4 is 15.0 Å². The number of aromatic nitrogens is 3. The second kappa shape index (κ2) is 7.42. The fraction of sp³-hybridized carbons (Fsp3) is 0.412. The van der Waals surface area contributed by atoms with E-state index in [0.717, 1.165) is 0 Å². The van der Waals surface area contributed by atoms with E-state index in [0.29, 0.717) is 30.4 Å².